The molecule has 1 aromatic heterocycles. The fourth-order valence-electron chi connectivity index (χ4n) is 2.98. The van der Waals surface area contributed by atoms with E-state index in [9.17, 15) is 18.8 Å². The van der Waals surface area contributed by atoms with E-state index in [1.165, 1.54) is 30.9 Å². The standard InChI is InChI=1S/C20H28FN5O5/c1-12(2)11-26-18(22)17(19(28)24-20(26)29)25(7-8-30-3)16(27)10-23-13-5-6-15(31-4)14(21)9-13/h5-6,9,12,23H,7-8,10-11,22H2,1-4H3,(H,24,28,29). The topological polar surface area (TPSA) is 132 Å². The Morgan fingerprint density at radius 3 is 2.61 bits per heavy atom. The van der Waals surface area contributed by atoms with Crippen LogP contribution in [0.4, 0.5) is 21.6 Å². The van der Waals surface area contributed by atoms with Gasteiger partial charge in [0.15, 0.2) is 17.3 Å². The molecule has 10 nitrogen and oxygen atoms in total. The number of nitrogens with one attached hydrogen (secondary N) is 2. The van der Waals surface area contributed by atoms with Gasteiger partial charge >= 0.3 is 5.69 Å². The number of aromatic nitrogens is 2. The average molecular weight is 437 g/mol. The van der Waals surface area contributed by atoms with Crippen molar-refractivity contribution in [1.29, 1.82) is 0 Å². The lowest BCUT2D eigenvalue weighted by atomic mass is 10.2. The molecular formula is C20H28FN5O5. The minimum atomic E-state index is -0.776. The fraction of sp³-hybridized carbons (Fsp3) is 0.450. The van der Waals surface area contributed by atoms with E-state index in [1.807, 2.05) is 13.8 Å². The Kier molecular flexibility index (Phi) is 8.20. The molecule has 1 aromatic carbocycles. The van der Waals surface area contributed by atoms with Gasteiger partial charge in [-0.2, -0.15) is 0 Å². The fourth-order valence-corrected chi connectivity index (χ4v) is 2.98. The zero-order valence-corrected chi connectivity index (χ0v) is 18.0. The van der Waals surface area contributed by atoms with Crippen LogP contribution in [0.5, 0.6) is 5.75 Å². The maximum absolute atomic E-state index is 13.9. The smallest absolute Gasteiger partial charge is 0.330 e. The van der Waals surface area contributed by atoms with Crippen LogP contribution in [0.15, 0.2) is 27.8 Å². The number of carbonyl (C=O) groups excluding carboxylic acids is 1. The molecule has 0 bridgehead atoms. The van der Waals surface area contributed by atoms with Gasteiger partial charge in [-0.1, -0.05) is 13.8 Å². The third-order valence-corrected chi connectivity index (χ3v) is 4.45. The van der Waals surface area contributed by atoms with Gasteiger partial charge in [0.05, 0.1) is 20.3 Å². The second-order valence-electron chi connectivity index (χ2n) is 7.24. The van der Waals surface area contributed by atoms with E-state index in [0.29, 0.717) is 5.69 Å². The first-order valence-corrected chi connectivity index (χ1v) is 9.68. The first-order valence-electron chi connectivity index (χ1n) is 9.68. The lowest BCUT2D eigenvalue weighted by Gasteiger charge is -2.25. The molecule has 4 N–H and O–H groups in total. The zero-order chi connectivity index (χ0) is 23.1. The molecule has 2 aromatic rings. The number of methoxy groups -OCH3 is 2. The summed E-state index contributed by atoms with van der Waals surface area (Å²) in [5, 5.41) is 2.81. The molecule has 0 saturated carbocycles. The minimum absolute atomic E-state index is 0.0289. The van der Waals surface area contributed by atoms with E-state index in [0.717, 1.165) is 4.90 Å². The van der Waals surface area contributed by atoms with E-state index in [1.54, 1.807) is 6.07 Å². The van der Waals surface area contributed by atoms with Crippen LogP contribution >= 0.6 is 0 Å². The number of H-pyrrole nitrogens is 1. The molecule has 0 aliphatic carbocycles. The number of nitrogens with two attached hydrogens (primary N) is 1. The summed E-state index contributed by atoms with van der Waals surface area (Å²) in [6.07, 6.45) is 0. The highest BCUT2D eigenvalue weighted by molar-refractivity contribution is 5.98. The van der Waals surface area contributed by atoms with Gasteiger partial charge in [0, 0.05) is 32.0 Å². The first-order chi connectivity index (χ1) is 14.7. The molecule has 31 heavy (non-hydrogen) atoms. The predicted octanol–water partition coefficient (Wildman–Crippen LogP) is 1.01. The molecule has 0 aliphatic rings. The third-order valence-electron chi connectivity index (χ3n) is 4.45. The number of rotatable bonds is 10. The number of carbonyl (C=O) groups is 1. The van der Waals surface area contributed by atoms with E-state index >= 15 is 0 Å². The van der Waals surface area contributed by atoms with Crippen molar-refractivity contribution in [3.8, 4) is 5.75 Å². The molecule has 0 saturated heterocycles. The molecule has 170 valence electrons. The summed E-state index contributed by atoms with van der Waals surface area (Å²) < 4.78 is 25.0. The lowest BCUT2D eigenvalue weighted by Crippen LogP contribution is -2.44. The number of halogens is 1. The van der Waals surface area contributed by atoms with Crippen molar-refractivity contribution in [1.82, 2.24) is 9.55 Å². The molecule has 0 unspecified atom stereocenters. The number of aromatic amines is 1. The van der Waals surface area contributed by atoms with Crippen molar-refractivity contribution in [3.63, 3.8) is 0 Å². The van der Waals surface area contributed by atoms with Crippen LogP contribution in [-0.4, -0.2) is 49.4 Å². The Morgan fingerprint density at radius 1 is 1.32 bits per heavy atom. The van der Waals surface area contributed by atoms with Gasteiger partial charge in [0.2, 0.25) is 5.91 Å². The Balaban J connectivity index is 2.34. The number of hydrogen-bond acceptors (Lipinski definition) is 7. The second-order valence-corrected chi connectivity index (χ2v) is 7.24. The molecular weight excluding hydrogens is 409 g/mol. The van der Waals surface area contributed by atoms with Gasteiger partial charge in [-0.3, -0.25) is 19.1 Å². The number of benzene rings is 1. The number of ether oxygens (including phenoxy) is 2. The van der Waals surface area contributed by atoms with Crippen molar-refractivity contribution in [3.05, 3.63) is 44.9 Å². The first kappa shape index (κ1) is 23.9. The predicted molar refractivity (Wildman–Crippen MR) is 116 cm³/mol. The van der Waals surface area contributed by atoms with E-state index in [-0.39, 0.29) is 49.4 Å². The van der Waals surface area contributed by atoms with Gasteiger partial charge in [-0.15, -0.1) is 0 Å². The van der Waals surface area contributed by atoms with Crippen LogP contribution in [0.2, 0.25) is 0 Å². The van der Waals surface area contributed by atoms with E-state index in [2.05, 4.69) is 10.3 Å². The number of hydrogen-bond donors (Lipinski definition) is 3. The molecule has 11 heteroatoms. The van der Waals surface area contributed by atoms with Gasteiger partial charge < -0.3 is 25.4 Å². The van der Waals surface area contributed by atoms with Gasteiger partial charge in [-0.05, 0) is 18.1 Å². The Labute approximate surface area is 178 Å². The van der Waals surface area contributed by atoms with Crippen molar-refractivity contribution in [2.24, 2.45) is 5.92 Å². The molecule has 0 radical (unpaired) electrons. The highest BCUT2D eigenvalue weighted by Gasteiger charge is 2.24. The van der Waals surface area contributed by atoms with Crippen molar-refractivity contribution in [2.75, 3.05) is 49.9 Å². The molecule has 2 rings (SSSR count). The van der Waals surface area contributed by atoms with Crippen LogP contribution in [0.25, 0.3) is 0 Å². The summed E-state index contributed by atoms with van der Waals surface area (Å²) in [5.74, 6) is -1.06. The molecule has 1 amide bonds. The van der Waals surface area contributed by atoms with Crippen LogP contribution < -0.4 is 31.9 Å². The van der Waals surface area contributed by atoms with E-state index < -0.39 is 23.0 Å². The van der Waals surface area contributed by atoms with E-state index in [4.69, 9.17) is 15.2 Å². The van der Waals surface area contributed by atoms with Crippen LogP contribution in [0.1, 0.15) is 13.8 Å². The zero-order valence-electron chi connectivity index (χ0n) is 18.0. The Bertz CT molecular complexity index is 1030. The number of anilines is 3. The number of nitrogen functional groups attached to an aromatic ring is 1. The second kappa shape index (κ2) is 10.6. The van der Waals surface area contributed by atoms with Crippen molar-refractivity contribution in [2.45, 2.75) is 20.4 Å². The van der Waals surface area contributed by atoms with Crippen molar-refractivity contribution < 1.29 is 18.7 Å². The van der Waals surface area contributed by atoms with Gasteiger partial charge in [0.25, 0.3) is 5.56 Å². The SMILES string of the molecule is COCCN(C(=O)CNc1ccc(OC)c(F)c1)c1c(N)n(CC(C)C)c(=O)[nH]c1=O. The quantitative estimate of drug-likeness (QED) is 0.505. The summed E-state index contributed by atoms with van der Waals surface area (Å²) in [4.78, 5) is 41.0. The van der Waals surface area contributed by atoms with Gasteiger partial charge in [0.1, 0.15) is 5.82 Å². The summed E-state index contributed by atoms with van der Waals surface area (Å²) in [6.45, 7) is 3.96. The monoisotopic (exact) mass is 437 g/mol. The normalized spacial score (nSPS) is 10.9. The molecule has 0 aliphatic heterocycles. The van der Waals surface area contributed by atoms with Crippen LogP contribution in [-0.2, 0) is 16.1 Å². The average Bonchev–Trinajstić information content (AvgIpc) is 2.71. The van der Waals surface area contributed by atoms with Crippen LogP contribution in [0.3, 0.4) is 0 Å². The minimum Gasteiger partial charge on any atom is -0.494 e. The third kappa shape index (κ3) is 5.85. The molecule has 0 fully saturated rings. The summed E-state index contributed by atoms with van der Waals surface area (Å²) in [7, 11) is 2.80. The lowest BCUT2D eigenvalue weighted by molar-refractivity contribution is -0.117. The molecule has 0 spiro atoms. The molecule has 1 heterocycles. The summed E-state index contributed by atoms with van der Waals surface area (Å²) >= 11 is 0. The number of nitrogens with zero attached hydrogens (tertiary/aromatic N) is 2. The maximum atomic E-state index is 13.9. The Hall–Kier alpha value is -3.34. The highest BCUT2D eigenvalue weighted by atomic mass is 19.1. The number of amides is 1. The summed E-state index contributed by atoms with van der Waals surface area (Å²) in [6, 6.07) is 4.17. The maximum Gasteiger partial charge on any atom is 0.330 e. The highest BCUT2D eigenvalue weighted by Crippen LogP contribution is 2.21. The molecule has 0 atom stereocenters. The largest absolute Gasteiger partial charge is 0.494 e. The van der Waals surface area contributed by atoms with Gasteiger partial charge in [-0.25, -0.2) is 9.18 Å². The van der Waals surface area contributed by atoms with Crippen molar-refractivity contribution >= 4 is 23.1 Å². The summed E-state index contributed by atoms with van der Waals surface area (Å²) in [5.41, 5.74) is 4.92. The van der Waals surface area contributed by atoms with Crippen LogP contribution in [0, 0.1) is 11.7 Å². The Morgan fingerprint density at radius 2 is 2.03 bits per heavy atom.